The summed E-state index contributed by atoms with van der Waals surface area (Å²) in [5.74, 6) is 0.0819. The number of likely N-dealkylation sites (N-methyl/N-ethyl adjacent to an activating group) is 1. The number of piperazine rings is 1. The molecule has 0 saturated carbocycles. The van der Waals surface area contributed by atoms with E-state index in [2.05, 4.69) is 11.8 Å². The van der Waals surface area contributed by atoms with Crippen molar-refractivity contribution in [2.24, 2.45) is 0 Å². The van der Waals surface area contributed by atoms with Crippen molar-refractivity contribution in [1.29, 1.82) is 0 Å². The molecule has 0 aliphatic carbocycles. The fraction of sp³-hybridized carbons (Fsp3) is 0.533. The van der Waals surface area contributed by atoms with E-state index in [1.807, 2.05) is 43.1 Å². The molecule has 2 unspecified atom stereocenters. The fourth-order valence-electron chi connectivity index (χ4n) is 2.55. The molecule has 1 saturated heterocycles. The van der Waals surface area contributed by atoms with Gasteiger partial charge in [-0.05, 0) is 39.4 Å². The number of aliphatic hydroxyl groups excluding tert-OH is 1. The molecule has 2 rings (SSSR count). The molecule has 4 nitrogen and oxygen atoms in total. The SMILES string of the molecule is Cc1ccc(N2CC(C)N(C)C(CCO)C2=O)cc1. The van der Waals surface area contributed by atoms with Gasteiger partial charge >= 0.3 is 0 Å². The Morgan fingerprint density at radius 2 is 1.95 bits per heavy atom. The van der Waals surface area contributed by atoms with Crippen LogP contribution in [-0.2, 0) is 4.79 Å². The topological polar surface area (TPSA) is 43.8 Å². The molecule has 1 N–H and O–H groups in total. The molecule has 4 heteroatoms. The van der Waals surface area contributed by atoms with E-state index in [-0.39, 0.29) is 24.6 Å². The Bertz CT molecular complexity index is 444. The second-order valence-electron chi connectivity index (χ2n) is 5.33. The Balaban J connectivity index is 2.25. The molecule has 2 atom stereocenters. The second kappa shape index (κ2) is 5.72. The number of hydrogen-bond donors (Lipinski definition) is 1. The van der Waals surface area contributed by atoms with Crippen LogP contribution in [0.15, 0.2) is 24.3 Å². The van der Waals surface area contributed by atoms with Gasteiger partial charge in [0.05, 0.1) is 6.04 Å². The molecule has 104 valence electrons. The minimum atomic E-state index is -0.227. The Kier molecular flexibility index (Phi) is 4.22. The van der Waals surface area contributed by atoms with Crippen LogP contribution >= 0.6 is 0 Å². The summed E-state index contributed by atoms with van der Waals surface area (Å²) in [6, 6.07) is 8.08. The van der Waals surface area contributed by atoms with Crippen molar-refractivity contribution in [3.8, 4) is 0 Å². The summed E-state index contributed by atoms with van der Waals surface area (Å²) >= 11 is 0. The van der Waals surface area contributed by atoms with E-state index >= 15 is 0 Å². The second-order valence-corrected chi connectivity index (χ2v) is 5.33. The average molecular weight is 262 g/mol. The van der Waals surface area contributed by atoms with Crippen molar-refractivity contribution in [2.75, 3.05) is 25.1 Å². The highest BCUT2D eigenvalue weighted by molar-refractivity contribution is 5.98. The molecule has 1 aromatic carbocycles. The van der Waals surface area contributed by atoms with E-state index in [0.717, 1.165) is 5.69 Å². The van der Waals surface area contributed by atoms with Crippen LogP contribution in [0.2, 0.25) is 0 Å². The van der Waals surface area contributed by atoms with E-state index in [1.165, 1.54) is 5.56 Å². The van der Waals surface area contributed by atoms with E-state index in [4.69, 9.17) is 5.11 Å². The normalized spacial score (nSPS) is 24.8. The maximum Gasteiger partial charge on any atom is 0.244 e. The summed E-state index contributed by atoms with van der Waals surface area (Å²) < 4.78 is 0. The van der Waals surface area contributed by atoms with Crippen molar-refractivity contribution < 1.29 is 9.90 Å². The standard InChI is InChI=1S/C15H22N2O2/c1-11-4-6-13(7-5-11)17-10-12(2)16(3)14(8-9-18)15(17)19/h4-7,12,14,18H,8-10H2,1-3H3. The van der Waals surface area contributed by atoms with Gasteiger partial charge in [-0.1, -0.05) is 17.7 Å². The Hall–Kier alpha value is -1.39. The number of rotatable bonds is 3. The number of aryl methyl sites for hydroxylation is 1. The van der Waals surface area contributed by atoms with Crippen molar-refractivity contribution >= 4 is 11.6 Å². The molecule has 0 spiro atoms. The summed E-state index contributed by atoms with van der Waals surface area (Å²) in [5.41, 5.74) is 2.13. The minimum absolute atomic E-state index is 0.0369. The number of benzene rings is 1. The highest BCUT2D eigenvalue weighted by Gasteiger charge is 2.36. The number of anilines is 1. The lowest BCUT2D eigenvalue weighted by molar-refractivity contribution is -0.127. The molecule has 1 amide bonds. The number of amides is 1. The molecular weight excluding hydrogens is 240 g/mol. The van der Waals surface area contributed by atoms with Crippen LogP contribution in [-0.4, -0.2) is 48.2 Å². The zero-order valence-corrected chi connectivity index (χ0v) is 11.8. The zero-order valence-electron chi connectivity index (χ0n) is 11.8. The molecule has 1 fully saturated rings. The highest BCUT2D eigenvalue weighted by atomic mass is 16.3. The minimum Gasteiger partial charge on any atom is -0.396 e. The van der Waals surface area contributed by atoms with Crippen LogP contribution in [0.4, 0.5) is 5.69 Å². The predicted molar refractivity (Wildman–Crippen MR) is 76.2 cm³/mol. The van der Waals surface area contributed by atoms with Gasteiger partial charge in [-0.3, -0.25) is 9.69 Å². The van der Waals surface area contributed by atoms with Crippen molar-refractivity contribution in [3.63, 3.8) is 0 Å². The first-order valence-electron chi connectivity index (χ1n) is 6.75. The molecular formula is C15H22N2O2. The molecule has 19 heavy (non-hydrogen) atoms. The predicted octanol–water partition coefficient (Wildman–Crippen LogP) is 1.41. The summed E-state index contributed by atoms with van der Waals surface area (Å²) in [7, 11) is 1.95. The van der Waals surface area contributed by atoms with Gasteiger partial charge in [0.25, 0.3) is 0 Å². The summed E-state index contributed by atoms with van der Waals surface area (Å²) in [6.45, 7) is 4.88. The molecule has 0 radical (unpaired) electrons. The number of carbonyl (C=O) groups excluding carboxylic acids is 1. The third kappa shape index (κ3) is 2.80. The van der Waals surface area contributed by atoms with Gasteiger partial charge in [0.15, 0.2) is 0 Å². The summed E-state index contributed by atoms with van der Waals surface area (Å²) in [4.78, 5) is 16.4. The molecule has 0 bridgehead atoms. The van der Waals surface area contributed by atoms with Gasteiger partial charge in [0.1, 0.15) is 0 Å². The summed E-state index contributed by atoms with van der Waals surface area (Å²) in [5, 5.41) is 9.14. The first-order valence-corrected chi connectivity index (χ1v) is 6.75. The van der Waals surface area contributed by atoms with Gasteiger partial charge in [0, 0.05) is 24.9 Å². The first-order chi connectivity index (χ1) is 9.04. The number of hydrogen-bond acceptors (Lipinski definition) is 3. The van der Waals surface area contributed by atoms with Gasteiger partial charge < -0.3 is 10.0 Å². The van der Waals surface area contributed by atoms with E-state index < -0.39 is 0 Å². The van der Waals surface area contributed by atoms with E-state index in [1.54, 1.807) is 0 Å². The molecule has 1 aromatic rings. The van der Waals surface area contributed by atoms with Gasteiger partial charge in [-0.25, -0.2) is 0 Å². The van der Waals surface area contributed by atoms with Crippen LogP contribution in [0.3, 0.4) is 0 Å². The highest BCUT2D eigenvalue weighted by Crippen LogP contribution is 2.24. The maximum absolute atomic E-state index is 12.5. The monoisotopic (exact) mass is 262 g/mol. The smallest absolute Gasteiger partial charge is 0.244 e. The third-order valence-corrected chi connectivity index (χ3v) is 3.93. The average Bonchev–Trinajstić information content (AvgIpc) is 2.40. The number of aliphatic hydroxyl groups is 1. The zero-order chi connectivity index (χ0) is 14.0. The lowest BCUT2D eigenvalue weighted by Crippen LogP contribution is -2.60. The number of nitrogens with zero attached hydrogens (tertiary/aromatic N) is 2. The van der Waals surface area contributed by atoms with Crippen molar-refractivity contribution in [3.05, 3.63) is 29.8 Å². The van der Waals surface area contributed by atoms with Crippen LogP contribution in [0, 0.1) is 6.92 Å². The van der Waals surface area contributed by atoms with Crippen molar-refractivity contribution in [1.82, 2.24) is 4.90 Å². The molecule has 1 aliphatic rings. The lowest BCUT2D eigenvalue weighted by Gasteiger charge is -2.43. The Morgan fingerprint density at radius 3 is 2.53 bits per heavy atom. The maximum atomic E-state index is 12.5. The Morgan fingerprint density at radius 1 is 1.32 bits per heavy atom. The molecule has 1 heterocycles. The van der Waals surface area contributed by atoms with Gasteiger partial charge in [-0.2, -0.15) is 0 Å². The van der Waals surface area contributed by atoms with E-state index in [0.29, 0.717) is 13.0 Å². The largest absolute Gasteiger partial charge is 0.396 e. The van der Waals surface area contributed by atoms with Gasteiger partial charge in [0.2, 0.25) is 5.91 Å². The quantitative estimate of drug-likeness (QED) is 0.896. The lowest BCUT2D eigenvalue weighted by atomic mass is 10.0. The van der Waals surface area contributed by atoms with Crippen LogP contribution in [0.1, 0.15) is 18.9 Å². The molecule has 1 aliphatic heterocycles. The number of carbonyl (C=O) groups is 1. The molecule has 0 aromatic heterocycles. The first kappa shape index (κ1) is 14.0. The fourth-order valence-corrected chi connectivity index (χ4v) is 2.55. The third-order valence-electron chi connectivity index (χ3n) is 3.93. The van der Waals surface area contributed by atoms with Crippen molar-refractivity contribution in [2.45, 2.75) is 32.4 Å². The van der Waals surface area contributed by atoms with Crippen LogP contribution in [0.5, 0.6) is 0 Å². The van der Waals surface area contributed by atoms with Crippen LogP contribution in [0.25, 0.3) is 0 Å². The van der Waals surface area contributed by atoms with Crippen LogP contribution < -0.4 is 4.90 Å². The van der Waals surface area contributed by atoms with E-state index in [9.17, 15) is 4.79 Å². The van der Waals surface area contributed by atoms with Gasteiger partial charge in [-0.15, -0.1) is 0 Å². The summed E-state index contributed by atoms with van der Waals surface area (Å²) in [6.07, 6.45) is 0.488. The Labute approximate surface area is 114 Å².